The minimum Gasteiger partial charge on any atom is -0.454 e. The van der Waals surface area contributed by atoms with Gasteiger partial charge in [0.15, 0.2) is 0 Å². The van der Waals surface area contributed by atoms with Crippen molar-refractivity contribution in [3.63, 3.8) is 0 Å². The lowest BCUT2D eigenvalue weighted by molar-refractivity contribution is -0.143. The molecule has 0 amide bonds. The lowest BCUT2D eigenvalue weighted by atomic mass is 9.84. The molecule has 7 atom stereocenters. The van der Waals surface area contributed by atoms with E-state index in [2.05, 4.69) is 38.2 Å². The molecule has 1 aliphatic heterocycles. The number of cyclic esters (lactones) is 1. The maximum atomic E-state index is 12.7. The Kier molecular flexibility index (Phi) is 13.1. The van der Waals surface area contributed by atoms with Gasteiger partial charge in [-0.15, -0.1) is 0 Å². The number of carbonyl (C=O) groups excluding carboxylic acids is 2. The predicted octanol–water partition coefficient (Wildman–Crippen LogP) is 6.77. The molecule has 190 valence electrons. The number of carbonyl (C=O) groups is 2. The molecule has 1 heterocycles. The van der Waals surface area contributed by atoms with Gasteiger partial charge >= 0.3 is 5.97 Å². The summed E-state index contributed by atoms with van der Waals surface area (Å²) in [7, 11) is 0. The van der Waals surface area contributed by atoms with E-state index in [0.29, 0.717) is 5.92 Å². The third-order valence-corrected chi connectivity index (χ3v) is 6.75. The van der Waals surface area contributed by atoms with Crippen molar-refractivity contribution >= 4 is 11.8 Å². The van der Waals surface area contributed by atoms with Crippen molar-refractivity contribution in [3.8, 4) is 0 Å². The number of esters is 1. The van der Waals surface area contributed by atoms with Gasteiger partial charge in [0.1, 0.15) is 11.9 Å². The van der Waals surface area contributed by atoms with Gasteiger partial charge in [-0.1, -0.05) is 102 Å². The highest BCUT2D eigenvalue weighted by molar-refractivity contribution is 5.85. The summed E-state index contributed by atoms with van der Waals surface area (Å²) in [5.41, 5.74) is 2.28. The molecule has 0 fully saturated rings. The molecule has 0 aromatic carbocycles. The second kappa shape index (κ2) is 14.9. The summed E-state index contributed by atoms with van der Waals surface area (Å²) < 4.78 is 5.39. The van der Waals surface area contributed by atoms with Crippen LogP contribution in [0.2, 0.25) is 0 Å². The minimum absolute atomic E-state index is 0.0877. The molecule has 0 aromatic rings. The van der Waals surface area contributed by atoms with Crippen LogP contribution in [0.5, 0.6) is 0 Å². The van der Waals surface area contributed by atoms with Gasteiger partial charge in [0.05, 0.1) is 6.10 Å². The van der Waals surface area contributed by atoms with Crippen LogP contribution in [0.3, 0.4) is 0 Å². The van der Waals surface area contributed by atoms with Crippen LogP contribution < -0.4 is 0 Å². The highest BCUT2D eigenvalue weighted by Gasteiger charge is 2.28. The largest absolute Gasteiger partial charge is 0.454 e. The molecule has 1 rings (SSSR count). The zero-order chi connectivity index (χ0) is 25.8. The molecule has 0 saturated carbocycles. The van der Waals surface area contributed by atoms with Crippen LogP contribution in [-0.4, -0.2) is 29.1 Å². The molecule has 34 heavy (non-hydrogen) atoms. The topological polar surface area (TPSA) is 63.6 Å². The molecule has 0 aromatic heterocycles. The maximum absolute atomic E-state index is 12.7. The van der Waals surface area contributed by atoms with E-state index in [-0.39, 0.29) is 41.5 Å². The smallest absolute Gasteiger partial charge is 0.331 e. The molecule has 0 radical (unpaired) electrons. The van der Waals surface area contributed by atoms with Crippen LogP contribution in [0, 0.1) is 29.6 Å². The van der Waals surface area contributed by atoms with Crippen molar-refractivity contribution in [2.75, 3.05) is 0 Å². The van der Waals surface area contributed by atoms with Crippen LogP contribution >= 0.6 is 0 Å². The number of aliphatic hydroxyl groups excluding tert-OH is 1. The van der Waals surface area contributed by atoms with E-state index in [1.165, 1.54) is 11.6 Å². The Morgan fingerprint density at radius 2 is 1.82 bits per heavy atom. The molecule has 0 bridgehead atoms. The van der Waals surface area contributed by atoms with Crippen LogP contribution in [0.25, 0.3) is 0 Å². The Morgan fingerprint density at radius 3 is 2.44 bits per heavy atom. The Hall–Kier alpha value is -2.20. The summed E-state index contributed by atoms with van der Waals surface area (Å²) in [6, 6.07) is 0. The number of hydrogen-bond acceptors (Lipinski definition) is 4. The predicted molar refractivity (Wildman–Crippen MR) is 141 cm³/mol. The quantitative estimate of drug-likeness (QED) is 0.238. The van der Waals surface area contributed by atoms with Gasteiger partial charge in [0.25, 0.3) is 0 Å². The Bertz CT molecular complexity index is 814. The second-order valence-corrected chi connectivity index (χ2v) is 9.96. The van der Waals surface area contributed by atoms with Crippen molar-refractivity contribution < 1.29 is 19.4 Å². The highest BCUT2D eigenvalue weighted by Crippen LogP contribution is 2.22. The standard InChI is InChI=1S/C30H46O4/c1-9-22(5)29(32)25(8)30(33)24(7)18-20(3)12-11-13-21(4)19-26(10-2)15-16-27-23(6)14-17-28(31)34-27/h11-12,14-19,21-25,27,29,32H,9-10,13H2,1-8H3/b12-11+,16-15+,20-18+,26-19-/t21-,22+,23+,24-,25+,27+,29-/m1/s1. The number of aliphatic hydroxyl groups is 1. The van der Waals surface area contributed by atoms with Gasteiger partial charge in [-0.2, -0.15) is 0 Å². The van der Waals surface area contributed by atoms with Crippen molar-refractivity contribution in [1.29, 1.82) is 0 Å². The maximum Gasteiger partial charge on any atom is 0.331 e. The number of hydrogen-bond donors (Lipinski definition) is 1. The third kappa shape index (κ3) is 9.97. The molecule has 0 aliphatic carbocycles. The third-order valence-electron chi connectivity index (χ3n) is 6.75. The zero-order valence-electron chi connectivity index (χ0n) is 22.5. The van der Waals surface area contributed by atoms with Crippen molar-refractivity contribution in [2.24, 2.45) is 29.6 Å². The van der Waals surface area contributed by atoms with Gasteiger partial charge in [0, 0.05) is 23.8 Å². The molecule has 0 unspecified atom stereocenters. The lowest BCUT2D eigenvalue weighted by Gasteiger charge is -2.24. The van der Waals surface area contributed by atoms with Crippen molar-refractivity contribution in [2.45, 2.75) is 86.9 Å². The zero-order valence-corrected chi connectivity index (χ0v) is 22.5. The van der Waals surface area contributed by atoms with Gasteiger partial charge in [-0.05, 0) is 37.7 Å². The van der Waals surface area contributed by atoms with E-state index in [1.54, 1.807) is 0 Å². The van der Waals surface area contributed by atoms with E-state index in [9.17, 15) is 14.7 Å². The van der Waals surface area contributed by atoms with Gasteiger partial charge in [-0.3, -0.25) is 4.79 Å². The first-order valence-corrected chi connectivity index (χ1v) is 12.8. The molecule has 4 nitrogen and oxygen atoms in total. The van der Waals surface area contributed by atoms with Gasteiger partial charge < -0.3 is 9.84 Å². The first-order valence-electron chi connectivity index (χ1n) is 12.8. The molecule has 1 N–H and O–H groups in total. The van der Waals surface area contributed by atoms with E-state index in [0.717, 1.165) is 24.8 Å². The Morgan fingerprint density at radius 1 is 1.15 bits per heavy atom. The SMILES string of the molecule is CCC(=C/[C@H](C)C/C=C/C(C)=C/[C@@H](C)C(=O)[C@@H](C)[C@H](O)[C@@H](C)CC)/C=C/[C@@H]1OC(=O)C=C[C@@H]1C. The van der Waals surface area contributed by atoms with Gasteiger partial charge in [-0.25, -0.2) is 4.79 Å². The normalized spacial score (nSPS) is 24.2. The van der Waals surface area contributed by atoms with E-state index >= 15 is 0 Å². The van der Waals surface area contributed by atoms with Crippen LogP contribution in [0.15, 0.2) is 59.8 Å². The second-order valence-electron chi connectivity index (χ2n) is 9.96. The van der Waals surface area contributed by atoms with E-state index in [4.69, 9.17) is 4.74 Å². The van der Waals surface area contributed by atoms with E-state index in [1.807, 2.05) is 59.8 Å². The molecular weight excluding hydrogens is 424 g/mol. The summed E-state index contributed by atoms with van der Waals surface area (Å²) in [4.78, 5) is 24.2. The summed E-state index contributed by atoms with van der Waals surface area (Å²) in [6.07, 6.45) is 17.8. The fourth-order valence-electron chi connectivity index (χ4n) is 4.10. The molecule has 0 spiro atoms. The number of ether oxygens (including phenoxy) is 1. The summed E-state index contributed by atoms with van der Waals surface area (Å²) in [5.74, 6) is -0.124. The average molecular weight is 471 g/mol. The monoisotopic (exact) mass is 470 g/mol. The average Bonchev–Trinajstić information content (AvgIpc) is 2.81. The highest BCUT2D eigenvalue weighted by atomic mass is 16.5. The molecule has 1 aliphatic rings. The van der Waals surface area contributed by atoms with Crippen LogP contribution in [0.4, 0.5) is 0 Å². The number of Topliss-reactive ketones (excluding diaryl/α,β-unsaturated/α-hetero) is 1. The van der Waals surface area contributed by atoms with Crippen molar-refractivity contribution in [3.05, 3.63) is 59.8 Å². The Balaban J connectivity index is 2.67. The first kappa shape index (κ1) is 29.8. The first-order chi connectivity index (χ1) is 16.0. The fourth-order valence-corrected chi connectivity index (χ4v) is 4.10. The summed E-state index contributed by atoms with van der Waals surface area (Å²) in [5, 5.41) is 10.4. The molecular formula is C30H46O4. The number of ketones is 1. The van der Waals surface area contributed by atoms with Gasteiger partial charge in [0.2, 0.25) is 0 Å². The molecule has 0 saturated heterocycles. The molecule has 4 heteroatoms. The van der Waals surface area contributed by atoms with E-state index < -0.39 is 6.10 Å². The van der Waals surface area contributed by atoms with Crippen LogP contribution in [0.1, 0.15) is 74.7 Å². The lowest BCUT2D eigenvalue weighted by Crippen LogP contribution is -2.33. The van der Waals surface area contributed by atoms with Crippen molar-refractivity contribution in [1.82, 2.24) is 0 Å². The summed E-state index contributed by atoms with van der Waals surface area (Å²) >= 11 is 0. The minimum atomic E-state index is -0.594. The number of rotatable bonds is 13. The number of allylic oxidation sites excluding steroid dienone is 7. The van der Waals surface area contributed by atoms with Crippen LogP contribution in [-0.2, 0) is 14.3 Å². The summed E-state index contributed by atoms with van der Waals surface area (Å²) in [6.45, 7) is 16.1. The fraction of sp³-hybridized carbons (Fsp3) is 0.600. The Labute approximate surface area is 207 Å².